The van der Waals surface area contributed by atoms with Gasteiger partial charge < -0.3 is 5.11 Å². The first-order valence-electron chi connectivity index (χ1n) is 6.12. The van der Waals surface area contributed by atoms with Crippen molar-refractivity contribution in [3.63, 3.8) is 0 Å². The molecule has 94 valence electrons. The second kappa shape index (κ2) is 9.65. The fourth-order valence-corrected chi connectivity index (χ4v) is 1.47. The number of hydrogen-bond acceptors (Lipinski definition) is 2. The van der Waals surface area contributed by atoms with Crippen LogP contribution in [-0.2, 0) is 4.79 Å². The third kappa shape index (κ3) is 8.27. The van der Waals surface area contributed by atoms with Crippen LogP contribution in [0.1, 0.15) is 52.4 Å². The Balaban J connectivity index is 4.01. The molecule has 0 aromatic heterocycles. The summed E-state index contributed by atoms with van der Waals surface area (Å²) in [6, 6.07) is 1.66. The van der Waals surface area contributed by atoms with E-state index in [4.69, 9.17) is 10.4 Å². The maximum absolute atomic E-state index is 10.6. The van der Waals surface area contributed by atoms with Crippen LogP contribution in [0.2, 0.25) is 0 Å². The molecule has 0 saturated heterocycles. The molecule has 0 atom stereocenters. The van der Waals surface area contributed by atoms with Crippen molar-refractivity contribution >= 4 is 5.97 Å². The lowest BCUT2D eigenvalue weighted by molar-refractivity contribution is -0.132. The summed E-state index contributed by atoms with van der Waals surface area (Å²) in [5, 5.41) is 17.2. The number of carboxylic acid groups (broad SMARTS) is 1. The number of rotatable bonds is 8. The van der Waals surface area contributed by atoms with Crippen LogP contribution >= 0.6 is 0 Å². The van der Waals surface area contributed by atoms with Gasteiger partial charge in [-0.1, -0.05) is 44.3 Å². The molecule has 0 aliphatic carbocycles. The quantitative estimate of drug-likeness (QED) is 0.301. The molecular formula is C14H21NO2. The van der Waals surface area contributed by atoms with E-state index < -0.39 is 5.97 Å². The van der Waals surface area contributed by atoms with Crippen LogP contribution in [0.25, 0.3) is 0 Å². The van der Waals surface area contributed by atoms with E-state index >= 15 is 0 Å². The Morgan fingerprint density at radius 3 is 2.41 bits per heavy atom. The number of hydrogen-bond donors (Lipinski definition) is 1. The Labute approximate surface area is 103 Å². The van der Waals surface area contributed by atoms with Gasteiger partial charge in [-0.15, -0.1) is 0 Å². The fourth-order valence-electron chi connectivity index (χ4n) is 1.47. The summed E-state index contributed by atoms with van der Waals surface area (Å²) in [7, 11) is 0. The molecule has 3 nitrogen and oxygen atoms in total. The smallest absolute Gasteiger partial charge is 0.346 e. The summed E-state index contributed by atoms with van der Waals surface area (Å²) in [4.78, 5) is 10.6. The highest BCUT2D eigenvalue weighted by Gasteiger charge is 2.03. The van der Waals surface area contributed by atoms with Gasteiger partial charge in [0.05, 0.1) is 0 Å². The molecule has 3 heteroatoms. The molecule has 0 aliphatic rings. The molecule has 0 aliphatic heterocycles. The first-order chi connectivity index (χ1) is 8.11. The van der Waals surface area contributed by atoms with Crippen molar-refractivity contribution in [2.45, 2.75) is 52.4 Å². The van der Waals surface area contributed by atoms with Gasteiger partial charge in [0.25, 0.3) is 0 Å². The van der Waals surface area contributed by atoms with Gasteiger partial charge in [-0.3, -0.25) is 0 Å². The molecule has 0 aromatic carbocycles. The summed E-state index contributed by atoms with van der Waals surface area (Å²) in [5.74, 6) is -1.17. The highest BCUT2D eigenvalue weighted by atomic mass is 16.4. The number of aliphatic carboxylic acids is 1. The molecule has 0 heterocycles. The minimum Gasteiger partial charge on any atom is -0.477 e. The molecule has 0 fully saturated rings. The summed E-state index contributed by atoms with van der Waals surface area (Å²) < 4.78 is 0. The number of unbranched alkanes of at least 4 members (excludes halogenated alkanes) is 4. The molecule has 1 N–H and O–H groups in total. The van der Waals surface area contributed by atoms with Crippen molar-refractivity contribution in [3.8, 4) is 6.07 Å². The standard InChI is InChI=1S/C14H21NO2/c1-3-4-5-6-7-8-12(2)9-10-13(11-15)14(16)17/h9-10H,3-8H2,1-2H3,(H,16,17). The second-order valence-electron chi connectivity index (χ2n) is 4.17. The van der Waals surface area contributed by atoms with Gasteiger partial charge in [0.2, 0.25) is 0 Å². The van der Waals surface area contributed by atoms with E-state index in [-0.39, 0.29) is 5.57 Å². The zero-order chi connectivity index (χ0) is 13.1. The zero-order valence-corrected chi connectivity index (χ0v) is 10.7. The maximum Gasteiger partial charge on any atom is 0.346 e. The van der Waals surface area contributed by atoms with E-state index in [2.05, 4.69) is 6.92 Å². The minimum absolute atomic E-state index is 0.213. The highest BCUT2D eigenvalue weighted by molar-refractivity contribution is 5.91. The Kier molecular flexibility index (Phi) is 8.77. The SMILES string of the molecule is CCCCCCCC(C)=CC=C(C#N)C(=O)O. The van der Waals surface area contributed by atoms with E-state index in [1.54, 1.807) is 12.1 Å². The van der Waals surface area contributed by atoms with E-state index in [0.29, 0.717) is 0 Å². The van der Waals surface area contributed by atoms with Crippen LogP contribution in [-0.4, -0.2) is 11.1 Å². The van der Waals surface area contributed by atoms with Crippen molar-refractivity contribution in [1.82, 2.24) is 0 Å². The van der Waals surface area contributed by atoms with Crippen LogP contribution in [0.4, 0.5) is 0 Å². The van der Waals surface area contributed by atoms with Gasteiger partial charge in [0, 0.05) is 0 Å². The van der Waals surface area contributed by atoms with Crippen molar-refractivity contribution in [1.29, 1.82) is 5.26 Å². The average Bonchev–Trinajstić information content (AvgIpc) is 2.29. The predicted octanol–water partition coefficient (Wildman–Crippen LogP) is 3.83. The lowest BCUT2D eigenvalue weighted by Gasteiger charge is -2.00. The van der Waals surface area contributed by atoms with Gasteiger partial charge in [-0.05, 0) is 25.8 Å². The molecule has 0 amide bonds. The molecule has 0 bridgehead atoms. The predicted molar refractivity (Wildman–Crippen MR) is 68.5 cm³/mol. The molecule has 17 heavy (non-hydrogen) atoms. The first-order valence-corrected chi connectivity index (χ1v) is 6.12. The molecule has 0 aromatic rings. The topological polar surface area (TPSA) is 61.1 Å². The number of allylic oxidation sites excluding steroid dienone is 3. The molecule has 0 spiro atoms. The fraction of sp³-hybridized carbons (Fsp3) is 0.571. The van der Waals surface area contributed by atoms with Crippen molar-refractivity contribution in [3.05, 3.63) is 23.3 Å². The van der Waals surface area contributed by atoms with Gasteiger partial charge in [0.15, 0.2) is 0 Å². The van der Waals surface area contributed by atoms with E-state index in [9.17, 15) is 4.79 Å². The Morgan fingerprint density at radius 2 is 1.88 bits per heavy atom. The summed E-state index contributed by atoms with van der Waals surface area (Å²) in [6.45, 7) is 4.15. The third-order valence-electron chi connectivity index (χ3n) is 2.56. The molecular weight excluding hydrogens is 214 g/mol. The lowest BCUT2D eigenvalue weighted by atomic mass is 10.1. The Morgan fingerprint density at radius 1 is 1.24 bits per heavy atom. The van der Waals surface area contributed by atoms with Crippen LogP contribution in [0.5, 0.6) is 0 Å². The van der Waals surface area contributed by atoms with Gasteiger partial charge >= 0.3 is 5.97 Å². The van der Waals surface area contributed by atoms with Gasteiger partial charge in [-0.25, -0.2) is 4.79 Å². The number of nitrogens with zero attached hydrogens (tertiary/aromatic N) is 1. The highest BCUT2D eigenvalue weighted by Crippen LogP contribution is 2.11. The monoisotopic (exact) mass is 235 g/mol. The van der Waals surface area contributed by atoms with Gasteiger partial charge in [-0.2, -0.15) is 5.26 Å². The minimum atomic E-state index is -1.17. The Hall–Kier alpha value is -1.56. The van der Waals surface area contributed by atoms with Crippen molar-refractivity contribution < 1.29 is 9.90 Å². The summed E-state index contributed by atoms with van der Waals surface area (Å²) in [5.41, 5.74) is 0.908. The zero-order valence-electron chi connectivity index (χ0n) is 10.7. The van der Waals surface area contributed by atoms with E-state index in [1.165, 1.54) is 31.8 Å². The Bertz CT molecular complexity index is 335. The number of carbonyl (C=O) groups is 1. The lowest BCUT2D eigenvalue weighted by Crippen LogP contribution is -1.96. The van der Waals surface area contributed by atoms with Crippen LogP contribution < -0.4 is 0 Å². The van der Waals surface area contributed by atoms with E-state index in [0.717, 1.165) is 18.4 Å². The number of carboxylic acids is 1. The van der Waals surface area contributed by atoms with Crippen LogP contribution in [0.15, 0.2) is 23.3 Å². The summed E-state index contributed by atoms with van der Waals surface area (Å²) >= 11 is 0. The number of nitriles is 1. The molecule has 0 rings (SSSR count). The van der Waals surface area contributed by atoms with Crippen LogP contribution in [0, 0.1) is 11.3 Å². The third-order valence-corrected chi connectivity index (χ3v) is 2.56. The largest absolute Gasteiger partial charge is 0.477 e. The maximum atomic E-state index is 10.6. The van der Waals surface area contributed by atoms with Crippen LogP contribution in [0.3, 0.4) is 0 Å². The van der Waals surface area contributed by atoms with Gasteiger partial charge in [0.1, 0.15) is 11.6 Å². The molecule has 0 saturated carbocycles. The van der Waals surface area contributed by atoms with Crippen molar-refractivity contribution in [2.75, 3.05) is 0 Å². The normalized spacial score (nSPS) is 12.3. The average molecular weight is 235 g/mol. The van der Waals surface area contributed by atoms with E-state index in [1.807, 2.05) is 6.92 Å². The second-order valence-corrected chi connectivity index (χ2v) is 4.17. The summed E-state index contributed by atoms with van der Waals surface area (Å²) in [6.07, 6.45) is 10.2. The van der Waals surface area contributed by atoms with Crippen molar-refractivity contribution in [2.24, 2.45) is 0 Å². The molecule has 0 unspecified atom stereocenters. The first kappa shape index (κ1) is 15.4. The molecule has 0 radical (unpaired) electrons.